The molecule has 2 N–H and O–H groups in total. The summed E-state index contributed by atoms with van der Waals surface area (Å²) in [6.07, 6.45) is 0. The van der Waals surface area contributed by atoms with Crippen LogP contribution < -0.4 is 5.73 Å². The number of halogens is 1. The predicted molar refractivity (Wildman–Crippen MR) is 76.3 cm³/mol. The van der Waals surface area contributed by atoms with Gasteiger partial charge < -0.3 is 5.73 Å². The minimum atomic E-state index is -3.40. The molecule has 2 aromatic rings. The van der Waals surface area contributed by atoms with Crippen LogP contribution in [0.15, 0.2) is 32.9 Å². The molecule has 0 bridgehead atoms. The highest BCUT2D eigenvalue weighted by Gasteiger charge is 2.20. The zero-order valence-corrected chi connectivity index (χ0v) is 12.8. The van der Waals surface area contributed by atoms with Gasteiger partial charge in [0.2, 0.25) is 0 Å². The lowest BCUT2D eigenvalue weighted by Crippen LogP contribution is -2.06. The Balaban J connectivity index is 2.36. The number of thiazole rings is 1. The summed E-state index contributed by atoms with van der Waals surface area (Å²) < 4.78 is 25.0. The largest absolute Gasteiger partial charge is 0.399 e. The Morgan fingerprint density at radius 3 is 2.72 bits per heavy atom. The van der Waals surface area contributed by atoms with Crippen LogP contribution in [-0.4, -0.2) is 13.4 Å². The van der Waals surface area contributed by atoms with Crippen molar-refractivity contribution in [3.63, 3.8) is 0 Å². The molecule has 4 nitrogen and oxygen atoms in total. The number of aromatic nitrogens is 1. The molecule has 0 aliphatic heterocycles. The number of aryl methyl sites for hydroxylation is 1. The smallest absolute Gasteiger partial charge is 0.186 e. The van der Waals surface area contributed by atoms with E-state index in [1.165, 1.54) is 17.4 Å². The zero-order chi connectivity index (χ0) is 13.3. The second kappa shape index (κ2) is 4.99. The van der Waals surface area contributed by atoms with Crippen molar-refractivity contribution in [2.45, 2.75) is 17.6 Å². The van der Waals surface area contributed by atoms with Gasteiger partial charge in [-0.2, -0.15) is 0 Å². The Labute approximate surface area is 118 Å². The van der Waals surface area contributed by atoms with E-state index in [-0.39, 0.29) is 10.6 Å². The van der Waals surface area contributed by atoms with Crippen LogP contribution in [0.3, 0.4) is 0 Å². The van der Waals surface area contributed by atoms with Crippen LogP contribution >= 0.6 is 27.3 Å². The van der Waals surface area contributed by atoms with Crippen molar-refractivity contribution in [2.24, 2.45) is 0 Å². The van der Waals surface area contributed by atoms with E-state index < -0.39 is 9.84 Å². The van der Waals surface area contributed by atoms with E-state index in [2.05, 4.69) is 20.9 Å². The fourth-order valence-corrected chi connectivity index (χ4v) is 5.09. The summed E-state index contributed by atoms with van der Waals surface area (Å²) in [5.41, 5.74) is 6.95. The number of nitrogens with two attached hydrogens (primary N) is 1. The topological polar surface area (TPSA) is 73.0 Å². The van der Waals surface area contributed by atoms with Crippen LogP contribution in [0.4, 0.5) is 5.69 Å². The van der Waals surface area contributed by atoms with Gasteiger partial charge in [0.25, 0.3) is 0 Å². The van der Waals surface area contributed by atoms with Crippen LogP contribution in [0.2, 0.25) is 0 Å². The molecule has 2 rings (SSSR count). The minimum Gasteiger partial charge on any atom is -0.399 e. The summed E-state index contributed by atoms with van der Waals surface area (Å²) in [4.78, 5) is 4.41. The average Bonchev–Trinajstić information content (AvgIpc) is 2.62. The number of sulfone groups is 1. The van der Waals surface area contributed by atoms with E-state index >= 15 is 0 Å². The third kappa shape index (κ3) is 2.90. The normalized spacial score (nSPS) is 11.7. The van der Waals surface area contributed by atoms with Gasteiger partial charge in [-0.15, -0.1) is 11.3 Å². The number of hydrogen-bond acceptors (Lipinski definition) is 5. The summed E-state index contributed by atoms with van der Waals surface area (Å²) in [6, 6.07) is 4.67. The summed E-state index contributed by atoms with van der Waals surface area (Å²) in [5.74, 6) is -0.0893. The highest BCUT2D eigenvalue weighted by atomic mass is 79.9. The van der Waals surface area contributed by atoms with Crippen molar-refractivity contribution in [3.05, 3.63) is 38.8 Å². The number of hydrogen-bond donors (Lipinski definition) is 1. The van der Waals surface area contributed by atoms with E-state index in [0.717, 1.165) is 5.69 Å². The van der Waals surface area contributed by atoms with Crippen LogP contribution in [0.1, 0.15) is 10.7 Å². The van der Waals surface area contributed by atoms with Gasteiger partial charge in [-0.25, -0.2) is 13.4 Å². The summed E-state index contributed by atoms with van der Waals surface area (Å²) in [7, 11) is -3.40. The predicted octanol–water partition coefficient (Wildman–Crippen LogP) is 2.77. The van der Waals surface area contributed by atoms with Crippen LogP contribution in [0.5, 0.6) is 0 Å². The van der Waals surface area contributed by atoms with Crippen molar-refractivity contribution in [2.75, 3.05) is 5.73 Å². The quantitative estimate of drug-likeness (QED) is 0.867. The van der Waals surface area contributed by atoms with Crippen LogP contribution in [-0.2, 0) is 15.6 Å². The first kappa shape index (κ1) is 13.5. The first-order valence-electron chi connectivity index (χ1n) is 5.07. The van der Waals surface area contributed by atoms with Gasteiger partial charge in [0, 0.05) is 21.2 Å². The number of rotatable bonds is 3. The van der Waals surface area contributed by atoms with Crippen molar-refractivity contribution in [3.8, 4) is 0 Å². The molecular weight excluding hydrogens is 336 g/mol. The van der Waals surface area contributed by atoms with E-state index in [1.54, 1.807) is 12.1 Å². The second-order valence-electron chi connectivity index (χ2n) is 3.83. The monoisotopic (exact) mass is 346 g/mol. The fraction of sp³-hybridized carbons (Fsp3) is 0.182. The zero-order valence-electron chi connectivity index (χ0n) is 9.55. The fourth-order valence-electron chi connectivity index (χ4n) is 1.48. The summed E-state index contributed by atoms with van der Waals surface area (Å²) >= 11 is 4.58. The standard InChI is InChI=1S/C11H11BrN2O2S2/c1-7-5-17-11(14-7)6-18(15,16)10-3-2-8(13)4-9(10)12/h2-5H,6,13H2,1H3. The molecule has 0 fully saturated rings. The van der Waals surface area contributed by atoms with Gasteiger partial charge >= 0.3 is 0 Å². The minimum absolute atomic E-state index is 0.0893. The Kier molecular flexibility index (Phi) is 3.74. The highest BCUT2D eigenvalue weighted by molar-refractivity contribution is 9.10. The Morgan fingerprint density at radius 1 is 1.44 bits per heavy atom. The van der Waals surface area contributed by atoms with Gasteiger partial charge in [0.15, 0.2) is 9.84 Å². The van der Waals surface area contributed by atoms with Crippen molar-refractivity contribution in [1.29, 1.82) is 0 Å². The lowest BCUT2D eigenvalue weighted by molar-refractivity contribution is 0.594. The number of nitrogen functional groups attached to an aromatic ring is 1. The van der Waals surface area contributed by atoms with E-state index in [9.17, 15) is 8.42 Å². The van der Waals surface area contributed by atoms with Gasteiger partial charge in [0.1, 0.15) is 10.8 Å². The molecule has 18 heavy (non-hydrogen) atoms. The first-order valence-corrected chi connectivity index (χ1v) is 8.40. The molecule has 1 heterocycles. The molecule has 96 valence electrons. The molecule has 0 saturated heterocycles. The van der Waals surface area contributed by atoms with Crippen molar-refractivity contribution < 1.29 is 8.42 Å². The van der Waals surface area contributed by atoms with Gasteiger partial charge in [-0.05, 0) is 41.1 Å². The maximum Gasteiger partial charge on any atom is 0.186 e. The van der Waals surface area contributed by atoms with E-state index in [1.807, 2.05) is 12.3 Å². The molecule has 0 unspecified atom stereocenters. The SMILES string of the molecule is Cc1csc(CS(=O)(=O)c2ccc(N)cc2Br)n1. The number of benzene rings is 1. The lowest BCUT2D eigenvalue weighted by atomic mass is 10.3. The van der Waals surface area contributed by atoms with Crippen molar-refractivity contribution >= 4 is 42.8 Å². The van der Waals surface area contributed by atoms with E-state index in [0.29, 0.717) is 15.2 Å². The maximum atomic E-state index is 12.2. The molecule has 0 amide bonds. The number of anilines is 1. The third-order valence-corrected chi connectivity index (χ3v) is 6.02. The molecule has 7 heteroatoms. The highest BCUT2D eigenvalue weighted by Crippen LogP contribution is 2.27. The molecular formula is C11H11BrN2O2S2. The molecule has 0 spiro atoms. The molecule has 1 aromatic carbocycles. The van der Waals surface area contributed by atoms with Gasteiger partial charge in [-0.3, -0.25) is 0 Å². The Hall–Kier alpha value is -0.920. The van der Waals surface area contributed by atoms with Gasteiger partial charge in [0.05, 0.1) is 4.90 Å². The third-order valence-electron chi connectivity index (χ3n) is 2.27. The summed E-state index contributed by atoms with van der Waals surface area (Å²) in [5, 5.41) is 2.43. The van der Waals surface area contributed by atoms with Crippen LogP contribution in [0, 0.1) is 6.92 Å². The average molecular weight is 347 g/mol. The lowest BCUT2D eigenvalue weighted by Gasteiger charge is -2.05. The summed E-state index contributed by atoms with van der Waals surface area (Å²) in [6.45, 7) is 1.84. The molecule has 1 aromatic heterocycles. The maximum absolute atomic E-state index is 12.2. The molecule has 0 saturated carbocycles. The molecule has 0 aliphatic rings. The number of nitrogens with zero attached hydrogens (tertiary/aromatic N) is 1. The molecule has 0 atom stereocenters. The second-order valence-corrected chi connectivity index (χ2v) is 7.59. The van der Waals surface area contributed by atoms with Crippen molar-refractivity contribution in [1.82, 2.24) is 4.98 Å². The molecule has 0 radical (unpaired) electrons. The first-order chi connectivity index (χ1) is 8.38. The molecule has 0 aliphatic carbocycles. The Morgan fingerprint density at radius 2 is 2.17 bits per heavy atom. The van der Waals surface area contributed by atoms with Crippen LogP contribution in [0.25, 0.3) is 0 Å². The van der Waals surface area contributed by atoms with E-state index in [4.69, 9.17) is 5.73 Å². The van der Waals surface area contributed by atoms with Gasteiger partial charge in [-0.1, -0.05) is 0 Å². The Bertz CT molecular complexity index is 680.